The molecule has 7 heteroatoms. The summed E-state index contributed by atoms with van der Waals surface area (Å²) in [6, 6.07) is 6.06. The van der Waals surface area contributed by atoms with Crippen molar-refractivity contribution in [3.8, 4) is 11.8 Å². The fourth-order valence-electron chi connectivity index (χ4n) is 1.23. The lowest BCUT2D eigenvalue weighted by Gasteiger charge is -2.04. The van der Waals surface area contributed by atoms with Gasteiger partial charge in [0, 0.05) is 4.91 Å². The Morgan fingerprint density at radius 3 is 2.89 bits per heavy atom. The van der Waals surface area contributed by atoms with Crippen molar-refractivity contribution in [3.05, 3.63) is 39.8 Å². The Morgan fingerprint density at radius 1 is 1.67 bits per heavy atom. The molecule has 0 aliphatic rings. The average Bonchev–Trinajstić information content (AvgIpc) is 2.36. The van der Waals surface area contributed by atoms with Crippen LogP contribution in [0.1, 0.15) is 5.56 Å². The number of hydrogen-bond acceptors (Lipinski definition) is 4. The molecule has 0 saturated carbocycles. The van der Waals surface area contributed by atoms with Gasteiger partial charge in [-0.1, -0.05) is 11.2 Å². The third-order valence-electron chi connectivity index (χ3n) is 2.02. The van der Waals surface area contributed by atoms with Crippen molar-refractivity contribution in [3.63, 3.8) is 0 Å². The molecule has 0 heterocycles. The van der Waals surface area contributed by atoms with Crippen LogP contribution in [0, 0.1) is 11.3 Å². The number of nitrogens with zero attached hydrogens (tertiary/aromatic N) is 4. The normalized spacial score (nSPS) is 10.1. The van der Waals surface area contributed by atoms with E-state index in [9.17, 15) is 4.79 Å². The van der Waals surface area contributed by atoms with Crippen LogP contribution in [0.5, 0.6) is 5.75 Å². The number of carboxylic acid groups (broad SMARTS) is 1. The van der Waals surface area contributed by atoms with Gasteiger partial charge in [-0.05, 0) is 29.3 Å². The van der Waals surface area contributed by atoms with Crippen LogP contribution in [0.15, 0.2) is 28.9 Å². The van der Waals surface area contributed by atoms with E-state index in [1.165, 1.54) is 25.3 Å². The van der Waals surface area contributed by atoms with Gasteiger partial charge in [-0.3, -0.25) is 0 Å². The lowest BCUT2D eigenvalue weighted by Crippen LogP contribution is -1.97. The summed E-state index contributed by atoms with van der Waals surface area (Å²) in [6.07, 6.45) is 1.18. The second-order valence-electron chi connectivity index (χ2n) is 3.10. The zero-order valence-corrected chi connectivity index (χ0v) is 9.36. The van der Waals surface area contributed by atoms with Crippen LogP contribution in [0.2, 0.25) is 0 Å². The predicted octanol–water partition coefficient (Wildman–Crippen LogP) is 2.63. The molecule has 1 aromatic rings. The Hall–Kier alpha value is -2.97. The topological polar surface area (TPSA) is 119 Å². The van der Waals surface area contributed by atoms with Crippen molar-refractivity contribution in [2.45, 2.75) is 0 Å². The number of azide groups is 1. The largest absolute Gasteiger partial charge is 0.496 e. The van der Waals surface area contributed by atoms with Crippen molar-refractivity contribution >= 4 is 17.7 Å². The van der Waals surface area contributed by atoms with Gasteiger partial charge in [0.1, 0.15) is 17.4 Å². The molecular weight excluding hydrogens is 236 g/mol. The standard InChI is InChI=1S/C11H8N4O3/c1-18-10-3-2-7(5-9(10)14-15-13)4-8(6-12)11(16)17/h2-5H,1H3,(H,16,17). The quantitative estimate of drug-likeness (QED) is 0.287. The summed E-state index contributed by atoms with van der Waals surface area (Å²) >= 11 is 0. The van der Waals surface area contributed by atoms with E-state index in [1.54, 1.807) is 12.1 Å². The van der Waals surface area contributed by atoms with E-state index in [2.05, 4.69) is 10.0 Å². The Kier molecular flexibility index (Phi) is 4.32. The molecule has 7 nitrogen and oxygen atoms in total. The van der Waals surface area contributed by atoms with Gasteiger partial charge >= 0.3 is 5.97 Å². The van der Waals surface area contributed by atoms with Gasteiger partial charge in [0.2, 0.25) is 0 Å². The van der Waals surface area contributed by atoms with Crippen LogP contribution in [0.3, 0.4) is 0 Å². The first-order chi connectivity index (χ1) is 8.62. The first-order valence-corrected chi connectivity index (χ1v) is 4.70. The molecule has 0 atom stereocenters. The zero-order chi connectivity index (χ0) is 13.5. The Balaban J connectivity index is 3.29. The Labute approximate surface area is 102 Å². The van der Waals surface area contributed by atoms with Crippen LogP contribution in [-0.4, -0.2) is 18.2 Å². The highest BCUT2D eigenvalue weighted by atomic mass is 16.5. The second kappa shape index (κ2) is 5.94. The molecule has 0 radical (unpaired) electrons. The van der Waals surface area contributed by atoms with Gasteiger partial charge in [0.15, 0.2) is 0 Å². The smallest absolute Gasteiger partial charge is 0.346 e. The molecule has 0 unspecified atom stereocenters. The molecule has 1 rings (SSSR count). The summed E-state index contributed by atoms with van der Waals surface area (Å²) in [5.74, 6) is -0.961. The first-order valence-electron chi connectivity index (χ1n) is 4.70. The van der Waals surface area contributed by atoms with E-state index in [0.717, 1.165) is 0 Å². The van der Waals surface area contributed by atoms with Crippen molar-refractivity contribution in [2.24, 2.45) is 5.11 Å². The molecule has 0 aliphatic heterocycles. The summed E-state index contributed by atoms with van der Waals surface area (Å²) < 4.78 is 4.96. The summed E-state index contributed by atoms with van der Waals surface area (Å²) in [5.41, 5.74) is 8.62. The van der Waals surface area contributed by atoms with Gasteiger partial charge in [0.25, 0.3) is 0 Å². The Morgan fingerprint density at radius 2 is 2.39 bits per heavy atom. The van der Waals surface area contributed by atoms with E-state index in [1.807, 2.05) is 0 Å². The summed E-state index contributed by atoms with van der Waals surface area (Å²) in [4.78, 5) is 13.3. The van der Waals surface area contributed by atoms with Gasteiger partial charge in [-0.25, -0.2) is 4.79 Å². The molecular formula is C11H8N4O3. The van der Waals surface area contributed by atoms with Gasteiger partial charge in [0.05, 0.1) is 12.8 Å². The number of aliphatic carboxylic acids is 1. The van der Waals surface area contributed by atoms with Crippen molar-refractivity contribution in [1.82, 2.24) is 0 Å². The van der Waals surface area contributed by atoms with E-state index in [0.29, 0.717) is 11.3 Å². The molecule has 90 valence electrons. The lowest BCUT2D eigenvalue weighted by molar-refractivity contribution is -0.132. The fourth-order valence-corrected chi connectivity index (χ4v) is 1.23. The van der Waals surface area contributed by atoms with Crippen molar-refractivity contribution < 1.29 is 14.6 Å². The maximum atomic E-state index is 10.7. The zero-order valence-electron chi connectivity index (χ0n) is 9.36. The van der Waals surface area contributed by atoms with Crippen molar-refractivity contribution in [1.29, 1.82) is 5.26 Å². The second-order valence-corrected chi connectivity index (χ2v) is 3.10. The number of benzene rings is 1. The summed E-state index contributed by atoms with van der Waals surface area (Å²) in [5, 5.41) is 20.7. The molecule has 1 aromatic carbocycles. The molecule has 0 saturated heterocycles. The minimum absolute atomic E-state index is 0.219. The van der Waals surface area contributed by atoms with Crippen LogP contribution >= 0.6 is 0 Å². The fraction of sp³-hybridized carbons (Fsp3) is 0.0909. The molecule has 0 aliphatic carbocycles. The maximum absolute atomic E-state index is 10.7. The summed E-state index contributed by atoms with van der Waals surface area (Å²) in [6.45, 7) is 0. The molecule has 0 fully saturated rings. The molecule has 0 bridgehead atoms. The number of nitriles is 1. The third kappa shape index (κ3) is 3.01. The third-order valence-corrected chi connectivity index (χ3v) is 2.02. The van der Waals surface area contributed by atoms with Gasteiger partial charge < -0.3 is 9.84 Å². The number of carbonyl (C=O) groups is 1. The van der Waals surface area contributed by atoms with E-state index in [4.69, 9.17) is 20.6 Å². The van der Waals surface area contributed by atoms with Crippen molar-refractivity contribution in [2.75, 3.05) is 7.11 Å². The average molecular weight is 244 g/mol. The summed E-state index contributed by atoms with van der Waals surface area (Å²) in [7, 11) is 1.42. The highest BCUT2D eigenvalue weighted by molar-refractivity contribution is 5.96. The minimum Gasteiger partial charge on any atom is -0.496 e. The highest BCUT2D eigenvalue weighted by Crippen LogP contribution is 2.29. The van der Waals surface area contributed by atoms with Crippen LogP contribution < -0.4 is 4.74 Å². The minimum atomic E-state index is -1.32. The van der Waals surface area contributed by atoms with Gasteiger partial charge in [-0.2, -0.15) is 5.26 Å². The van der Waals surface area contributed by atoms with Crippen LogP contribution in [0.25, 0.3) is 16.5 Å². The maximum Gasteiger partial charge on any atom is 0.346 e. The first kappa shape index (κ1) is 13.1. The molecule has 1 N–H and O–H groups in total. The Bertz CT molecular complexity index is 595. The predicted molar refractivity (Wildman–Crippen MR) is 63.0 cm³/mol. The number of methoxy groups -OCH3 is 1. The molecule has 0 amide bonds. The molecule has 18 heavy (non-hydrogen) atoms. The number of carboxylic acids is 1. The highest BCUT2D eigenvalue weighted by Gasteiger charge is 2.07. The monoisotopic (exact) mass is 244 g/mol. The van der Waals surface area contributed by atoms with Crippen LogP contribution in [0.4, 0.5) is 5.69 Å². The number of rotatable bonds is 4. The number of ether oxygens (including phenoxy) is 1. The van der Waals surface area contributed by atoms with E-state index in [-0.39, 0.29) is 5.69 Å². The molecule has 0 aromatic heterocycles. The van der Waals surface area contributed by atoms with E-state index >= 15 is 0 Å². The lowest BCUT2D eigenvalue weighted by atomic mass is 10.1. The SMILES string of the molecule is COc1ccc(C=C(C#N)C(=O)O)cc1N=[N+]=[N-]. The molecule has 0 spiro atoms. The number of hydrogen-bond donors (Lipinski definition) is 1. The van der Waals surface area contributed by atoms with E-state index < -0.39 is 11.5 Å². The van der Waals surface area contributed by atoms with Crippen LogP contribution in [-0.2, 0) is 4.79 Å². The van der Waals surface area contributed by atoms with Gasteiger partial charge in [-0.15, -0.1) is 0 Å².